The number of fused-ring (bicyclic) bond motifs is 1. The Morgan fingerprint density at radius 1 is 1.00 bits per heavy atom. The molecule has 1 aliphatic heterocycles. The first-order valence-corrected chi connectivity index (χ1v) is 11.7. The van der Waals surface area contributed by atoms with Crippen LogP contribution in [0.3, 0.4) is 0 Å². The molecule has 170 valence electrons. The fourth-order valence-electron chi connectivity index (χ4n) is 3.99. The lowest BCUT2D eigenvalue weighted by Gasteiger charge is -2.25. The summed E-state index contributed by atoms with van der Waals surface area (Å²) in [5, 5.41) is 1.56. The van der Waals surface area contributed by atoms with E-state index in [0.717, 1.165) is 48.1 Å². The van der Waals surface area contributed by atoms with Crippen molar-refractivity contribution in [2.45, 2.75) is 46.6 Å². The van der Waals surface area contributed by atoms with Gasteiger partial charge in [0.05, 0.1) is 12.1 Å². The minimum atomic E-state index is -0.319. The minimum Gasteiger partial charge on any atom is -0.461 e. The highest BCUT2D eigenvalue weighted by Gasteiger charge is 2.20. The molecule has 2 heterocycles. The number of nitrogens with zero attached hydrogens (tertiary/aromatic N) is 2. The third kappa shape index (κ3) is 5.78. The molecule has 0 atom stereocenters. The molecule has 1 saturated heterocycles. The number of likely N-dealkylation sites (tertiary alicyclic amines) is 1. The number of ether oxygens (including phenoxy) is 1. The predicted molar refractivity (Wildman–Crippen MR) is 130 cm³/mol. The third-order valence-electron chi connectivity index (χ3n) is 5.53. The summed E-state index contributed by atoms with van der Waals surface area (Å²) < 4.78 is 7.16. The van der Waals surface area contributed by atoms with Gasteiger partial charge in [-0.05, 0) is 61.8 Å². The number of carbonyl (C=O) groups is 2. The Balaban J connectivity index is 0.00000141. The van der Waals surface area contributed by atoms with Crippen molar-refractivity contribution in [3.63, 3.8) is 0 Å². The van der Waals surface area contributed by atoms with Gasteiger partial charge in [0, 0.05) is 34.8 Å². The van der Waals surface area contributed by atoms with Crippen molar-refractivity contribution in [3.05, 3.63) is 64.8 Å². The van der Waals surface area contributed by atoms with Gasteiger partial charge in [-0.15, -0.1) is 0 Å². The fraction of sp³-hybridized carbons (Fsp3) is 0.385. The molecule has 0 spiro atoms. The number of Topliss-reactive ketones (excluding diaryl/α,β-unsaturated/α-hetero) is 1. The van der Waals surface area contributed by atoms with Crippen molar-refractivity contribution in [2.24, 2.45) is 0 Å². The molecular formula is C26H31ClN2O3. The number of hydrogen-bond acceptors (Lipinski definition) is 4. The average Bonchev–Trinajstić information content (AvgIpc) is 3.19. The highest BCUT2D eigenvalue weighted by molar-refractivity contribution is 6.30. The van der Waals surface area contributed by atoms with E-state index in [2.05, 4.69) is 4.90 Å². The van der Waals surface area contributed by atoms with E-state index in [0.29, 0.717) is 17.1 Å². The summed E-state index contributed by atoms with van der Waals surface area (Å²) in [4.78, 5) is 26.6. The van der Waals surface area contributed by atoms with E-state index in [1.54, 1.807) is 0 Å². The summed E-state index contributed by atoms with van der Waals surface area (Å²) in [6.45, 7) is 8.00. The topological polar surface area (TPSA) is 51.5 Å². The van der Waals surface area contributed by atoms with Crippen LogP contribution in [0, 0.1) is 0 Å². The Labute approximate surface area is 194 Å². The summed E-state index contributed by atoms with van der Waals surface area (Å²) in [5.41, 5.74) is 3.42. The van der Waals surface area contributed by atoms with Gasteiger partial charge in [-0.1, -0.05) is 44.0 Å². The molecule has 1 aliphatic rings. The van der Waals surface area contributed by atoms with Crippen LogP contribution in [-0.4, -0.2) is 40.9 Å². The average molecular weight is 455 g/mol. The second-order valence-electron chi connectivity index (χ2n) is 7.78. The lowest BCUT2D eigenvalue weighted by molar-refractivity contribution is -0.142. The molecule has 5 nitrogen and oxygen atoms in total. The minimum absolute atomic E-state index is 0.127. The zero-order valence-electron chi connectivity index (χ0n) is 19.1. The molecule has 1 aromatic heterocycles. The molecule has 32 heavy (non-hydrogen) atoms. The van der Waals surface area contributed by atoms with Crippen molar-refractivity contribution in [1.82, 2.24) is 9.47 Å². The highest BCUT2D eigenvalue weighted by Crippen LogP contribution is 2.28. The maximum absolute atomic E-state index is 13.2. The van der Waals surface area contributed by atoms with Crippen LogP contribution < -0.4 is 0 Å². The van der Waals surface area contributed by atoms with Gasteiger partial charge in [-0.25, -0.2) is 0 Å². The smallest absolute Gasteiger partial charge is 0.302 e. The molecule has 0 radical (unpaired) electrons. The number of ketones is 1. The van der Waals surface area contributed by atoms with Gasteiger partial charge >= 0.3 is 5.97 Å². The number of rotatable bonds is 6. The Morgan fingerprint density at radius 3 is 2.34 bits per heavy atom. The Hall–Kier alpha value is -2.63. The lowest BCUT2D eigenvalue weighted by Crippen LogP contribution is -2.34. The first-order valence-electron chi connectivity index (χ1n) is 11.3. The Morgan fingerprint density at radius 2 is 1.69 bits per heavy atom. The summed E-state index contributed by atoms with van der Waals surface area (Å²) in [5.74, 6) is -0.192. The van der Waals surface area contributed by atoms with Gasteiger partial charge in [0.2, 0.25) is 0 Å². The monoisotopic (exact) mass is 454 g/mol. The van der Waals surface area contributed by atoms with Crippen LogP contribution in [0.4, 0.5) is 0 Å². The van der Waals surface area contributed by atoms with Crippen LogP contribution in [0.5, 0.6) is 0 Å². The highest BCUT2D eigenvalue weighted by atomic mass is 35.5. The van der Waals surface area contributed by atoms with E-state index >= 15 is 0 Å². The molecule has 6 heteroatoms. The first-order chi connectivity index (χ1) is 15.5. The second-order valence-corrected chi connectivity index (χ2v) is 8.22. The summed E-state index contributed by atoms with van der Waals surface area (Å²) in [6.07, 6.45) is 5.46. The number of hydrogen-bond donors (Lipinski definition) is 0. The van der Waals surface area contributed by atoms with Crippen molar-refractivity contribution in [1.29, 1.82) is 0 Å². The summed E-state index contributed by atoms with van der Waals surface area (Å²) >= 11 is 6.06. The quantitative estimate of drug-likeness (QED) is 0.336. The van der Waals surface area contributed by atoms with Gasteiger partial charge < -0.3 is 9.30 Å². The van der Waals surface area contributed by atoms with E-state index in [4.69, 9.17) is 16.3 Å². The SMILES string of the molecule is CC.CC(=O)OCc1ccc2c(C(=O)CN3CCCCC3)cn(-c3ccc(Cl)cc3)c2c1. The fourth-order valence-corrected chi connectivity index (χ4v) is 4.12. The molecule has 0 N–H and O–H groups in total. The maximum Gasteiger partial charge on any atom is 0.302 e. The third-order valence-corrected chi connectivity index (χ3v) is 5.79. The molecule has 0 aliphatic carbocycles. The molecule has 4 rings (SSSR count). The van der Waals surface area contributed by atoms with Crippen LogP contribution in [-0.2, 0) is 16.1 Å². The number of carbonyl (C=O) groups excluding carboxylic acids is 2. The van der Waals surface area contributed by atoms with Crippen molar-refractivity contribution in [2.75, 3.05) is 19.6 Å². The first kappa shape index (κ1) is 24.0. The van der Waals surface area contributed by atoms with Gasteiger partial charge in [-0.3, -0.25) is 14.5 Å². The van der Waals surface area contributed by atoms with Crippen LogP contribution in [0.25, 0.3) is 16.6 Å². The molecule has 0 bridgehead atoms. The van der Waals surface area contributed by atoms with Gasteiger partial charge in [0.25, 0.3) is 0 Å². The molecular weight excluding hydrogens is 424 g/mol. The van der Waals surface area contributed by atoms with Crippen LogP contribution in [0.1, 0.15) is 56.0 Å². The van der Waals surface area contributed by atoms with Gasteiger partial charge in [0.1, 0.15) is 6.61 Å². The van der Waals surface area contributed by atoms with E-state index in [1.807, 2.05) is 67.1 Å². The second kappa shape index (κ2) is 11.3. The number of aromatic nitrogens is 1. The summed E-state index contributed by atoms with van der Waals surface area (Å²) in [6, 6.07) is 13.4. The van der Waals surface area contributed by atoms with Crippen molar-refractivity contribution in [3.8, 4) is 5.69 Å². The van der Waals surface area contributed by atoms with Crippen LogP contribution >= 0.6 is 11.6 Å². The Kier molecular flexibility index (Phi) is 8.48. The molecule has 0 unspecified atom stereocenters. The largest absolute Gasteiger partial charge is 0.461 e. The molecule has 1 fully saturated rings. The molecule has 3 aromatic rings. The van der Waals surface area contributed by atoms with Gasteiger partial charge in [-0.2, -0.15) is 0 Å². The standard InChI is InChI=1S/C24H25ClN2O3.C2H6/c1-17(28)30-16-18-5-10-21-22(24(29)15-26-11-3-2-4-12-26)14-27(23(21)13-18)20-8-6-19(25)7-9-20;1-2/h5-10,13-14H,2-4,11-12,15-16H2,1H3;1-2H3. The normalized spacial score (nSPS) is 14.0. The van der Waals surface area contributed by atoms with E-state index in [1.165, 1.54) is 13.3 Å². The number of benzene rings is 2. The van der Waals surface area contributed by atoms with Gasteiger partial charge in [0.15, 0.2) is 5.78 Å². The van der Waals surface area contributed by atoms with Crippen molar-refractivity contribution >= 4 is 34.3 Å². The molecule has 0 saturated carbocycles. The van der Waals surface area contributed by atoms with E-state index in [-0.39, 0.29) is 18.4 Å². The van der Waals surface area contributed by atoms with Crippen LogP contribution in [0.15, 0.2) is 48.7 Å². The predicted octanol–water partition coefficient (Wildman–Crippen LogP) is 6.04. The maximum atomic E-state index is 13.2. The zero-order valence-corrected chi connectivity index (χ0v) is 19.8. The van der Waals surface area contributed by atoms with E-state index < -0.39 is 0 Å². The number of halogens is 1. The lowest BCUT2D eigenvalue weighted by atomic mass is 10.1. The molecule has 0 amide bonds. The van der Waals surface area contributed by atoms with E-state index in [9.17, 15) is 9.59 Å². The van der Waals surface area contributed by atoms with Crippen molar-refractivity contribution < 1.29 is 14.3 Å². The summed E-state index contributed by atoms with van der Waals surface area (Å²) in [7, 11) is 0. The molecule has 2 aromatic carbocycles. The number of piperidine rings is 1. The zero-order chi connectivity index (χ0) is 23.1. The number of esters is 1. The Bertz CT molecular complexity index is 1070. The van der Waals surface area contributed by atoms with Crippen LogP contribution in [0.2, 0.25) is 5.02 Å².